The second-order valence-electron chi connectivity index (χ2n) is 4.34. The van der Waals surface area contributed by atoms with Gasteiger partial charge < -0.3 is 11.1 Å². The van der Waals surface area contributed by atoms with Crippen molar-refractivity contribution in [3.63, 3.8) is 0 Å². The average Bonchev–Trinajstić information content (AvgIpc) is 2.29. The summed E-state index contributed by atoms with van der Waals surface area (Å²) in [4.78, 5) is 0. The Hall–Kier alpha value is -1.39. The van der Waals surface area contributed by atoms with Crippen molar-refractivity contribution in [1.82, 2.24) is 0 Å². The van der Waals surface area contributed by atoms with E-state index in [-0.39, 0.29) is 11.7 Å². The zero-order valence-electron chi connectivity index (χ0n) is 10.6. The van der Waals surface area contributed by atoms with E-state index in [0.29, 0.717) is 5.69 Å². The number of nitrogens with one attached hydrogen (secondary N) is 1. The first-order valence-electron chi connectivity index (χ1n) is 6.11. The van der Waals surface area contributed by atoms with Crippen LogP contribution in [0.15, 0.2) is 18.2 Å². The van der Waals surface area contributed by atoms with Gasteiger partial charge in [0.2, 0.25) is 0 Å². The van der Waals surface area contributed by atoms with Gasteiger partial charge in [0.05, 0.1) is 5.56 Å². The van der Waals surface area contributed by atoms with E-state index in [1.165, 1.54) is 6.07 Å². The standard InChI is InChI=1S/C13H19F3N2/c1-3-5-9(4-2)18-10-6-7-12(17)11(8-10)13(14,15)16/h6-9,18H,3-5,17H2,1-2H3. The van der Waals surface area contributed by atoms with Crippen molar-refractivity contribution in [2.75, 3.05) is 11.1 Å². The summed E-state index contributed by atoms with van der Waals surface area (Å²) in [5.41, 5.74) is 4.80. The molecule has 0 aliphatic heterocycles. The number of hydrogen-bond acceptors (Lipinski definition) is 2. The second-order valence-corrected chi connectivity index (χ2v) is 4.34. The van der Waals surface area contributed by atoms with Crippen LogP contribution in [0.4, 0.5) is 24.5 Å². The van der Waals surface area contributed by atoms with E-state index in [1.54, 1.807) is 6.07 Å². The highest BCUT2D eigenvalue weighted by Crippen LogP contribution is 2.35. The van der Waals surface area contributed by atoms with Crippen LogP contribution < -0.4 is 11.1 Å². The van der Waals surface area contributed by atoms with Gasteiger partial charge in [0, 0.05) is 17.4 Å². The molecule has 0 bridgehead atoms. The van der Waals surface area contributed by atoms with Crippen molar-refractivity contribution in [3.05, 3.63) is 23.8 Å². The van der Waals surface area contributed by atoms with E-state index >= 15 is 0 Å². The van der Waals surface area contributed by atoms with Crippen molar-refractivity contribution in [3.8, 4) is 0 Å². The maximum atomic E-state index is 12.7. The highest BCUT2D eigenvalue weighted by Gasteiger charge is 2.33. The first-order valence-corrected chi connectivity index (χ1v) is 6.11. The van der Waals surface area contributed by atoms with Crippen LogP contribution in [0.2, 0.25) is 0 Å². The molecular formula is C13H19F3N2. The Balaban J connectivity index is 2.91. The quantitative estimate of drug-likeness (QED) is 0.775. The molecule has 1 unspecified atom stereocenters. The van der Waals surface area contributed by atoms with Gasteiger partial charge in [-0.25, -0.2) is 0 Å². The maximum absolute atomic E-state index is 12.7. The summed E-state index contributed by atoms with van der Waals surface area (Å²) in [5, 5.41) is 3.11. The van der Waals surface area contributed by atoms with Gasteiger partial charge in [-0.15, -0.1) is 0 Å². The molecule has 0 aliphatic rings. The highest BCUT2D eigenvalue weighted by molar-refractivity contribution is 5.58. The molecule has 0 saturated heterocycles. The Labute approximate surface area is 105 Å². The topological polar surface area (TPSA) is 38.0 Å². The lowest BCUT2D eigenvalue weighted by Gasteiger charge is -2.19. The SMILES string of the molecule is CCCC(CC)Nc1ccc(N)c(C(F)(F)F)c1. The number of rotatable bonds is 5. The van der Waals surface area contributed by atoms with Crippen LogP contribution >= 0.6 is 0 Å². The van der Waals surface area contributed by atoms with Gasteiger partial charge in [0.1, 0.15) is 0 Å². The Morgan fingerprint density at radius 3 is 2.44 bits per heavy atom. The molecule has 102 valence electrons. The Morgan fingerprint density at radius 2 is 1.94 bits per heavy atom. The first kappa shape index (κ1) is 14.7. The van der Waals surface area contributed by atoms with Crippen LogP contribution in [0.25, 0.3) is 0 Å². The van der Waals surface area contributed by atoms with Crippen LogP contribution in [0.3, 0.4) is 0 Å². The number of benzene rings is 1. The number of anilines is 2. The molecule has 0 fully saturated rings. The van der Waals surface area contributed by atoms with Crippen molar-refractivity contribution in [1.29, 1.82) is 0 Å². The molecule has 2 nitrogen and oxygen atoms in total. The lowest BCUT2D eigenvalue weighted by atomic mass is 10.1. The number of nitrogens with two attached hydrogens (primary N) is 1. The summed E-state index contributed by atoms with van der Waals surface area (Å²) in [6.07, 6.45) is -1.61. The van der Waals surface area contributed by atoms with Crippen LogP contribution in [-0.4, -0.2) is 6.04 Å². The fourth-order valence-electron chi connectivity index (χ4n) is 1.85. The molecule has 1 atom stereocenters. The molecule has 0 heterocycles. The van der Waals surface area contributed by atoms with Crippen molar-refractivity contribution >= 4 is 11.4 Å². The van der Waals surface area contributed by atoms with E-state index in [9.17, 15) is 13.2 Å². The summed E-state index contributed by atoms with van der Waals surface area (Å²) in [5.74, 6) is 0. The third-order valence-electron chi connectivity index (χ3n) is 2.86. The van der Waals surface area contributed by atoms with E-state index in [0.717, 1.165) is 25.3 Å². The zero-order chi connectivity index (χ0) is 13.8. The average molecular weight is 260 g/mol. The molecule has 1 aromatic carbocycles. The van der Waals surface area contributed by atoms with Gasteiger partial charge in [-0.05, 0) is 31.0 Å². The van der Waals surface area contributed by atoms with Gasteiger partial charge in [-0.2, -0.15) is 13.2 Å². The van der Waals surface area contributed by atoms with Crippen molar-refractivity contribution in [2.45, 2.75) is 45.3 Å². The Kier molecular flexibility index (Phi) is 4.87. The number of alkyl halides is 3. The molecule has 5 heteroatoms. The minimum Gasteiger partial charge on any atom is -0.398 e. The first-order chi connectivity index (χ1) is 8.38. The third kappa shape index (κ3) is 3.82. The van der Waals surface area contributed by atoms with E-state index in [4.69, 9.17) is 5.73 Å². The Bertz CT molecular complexity index is 388. The fourth-order valence-corrected chi connectivity index (χ4v) is 1.85. The van der Waals surface area contributed by atoms with Gasteiger partial charge in [0.25, 0.3) is 0 Å². The van der Waals surface area contributed by atoms with E-state index in [2.05, 4.69) is 12.2 Å². The van der Waals surface area contributed by atoms with E-state index in [1.807, 2.05) is 6.92 Å². The number of hydrogen-bond donors (Lipinski definition) is 2. The molecule has 0 aliphatic carbocycles. The van der Waals surface area contributed by atoms with Crippen molar-refractivity contribution in [2.24, 2.45) is 0 Å². The van der Waals surface area contributed by atoms with Crippen LogP contribution in [0.5, 0.6) is 0 Å². The molecule has 18 heavy (non-hydrogen) atoms. The molecule has 0 amide bonds. The van der Waals surface area contributed by atoms with Crippen molar-refractivity contribution < 1.29 is 13.2 Å². The lowest BCUT2D eigenvalue weighted by molar-refractivity contribution is -0.136. The summed E-state index contributed by atoms with van der Waals surface area (Å²) in [6, 6.07) is 4.15. The Morgan fingerprint density at radius 1 is 1.28 bits per heavy atom. The molecule has 0 aromatic heterocycles. The molecule has 1 rings (SSSR count). The van der Waals surface area contributed by atoms with Gasteiger partial charge in [-0.3, -0.25) is 0 Å². The largest absolute Gasteiger partial charge is 0.418 e. The third-order valence-corrected chi connectivity index (χ3v) is 2.86. The van der Waals surface area contributed by atoms with Gasteiger partial charge in [0.15, 0.2) is 0 Å². The summed E-state index contributed by atoms with van der Waals surface area (Å²) < 4.78 is 38.1. The van der Waals surface area contributed by atoms with Crippen LogP contribution in [0.1, 0.15) is 38.7 Å². The maximum Gasteiger partial charge on any atom is 0.418 e. The van der Waals surface area contributed by atoms with Gasteiger partial charge in [-0.1, -0.05) is 20.3 Å². The second kappa shape index (κ2) is 5.98. The monoisotopic (exact) mass is 260 g/mol. The minimum absolute atomic E-state index is 0.194. The highest BCUT2D eigenvalue weighted by atomic mass is 19.4. The lowest BCUT2D eigenvalue weighted by Crippen LogP contribution is -2.18. The summed E-state index contributed by atoms with van der Waals surface area (Å²) in [6.45, 7) is 4.06. The zero-order valence-corrected chi connectivity index (χ0v) is 10.6. The molecule has 0 saturated carbocycles. The van der Waals surface area contributed by atoms with Gasteiger partial charge >= 0.3 is 6.18 Å². The molecule has 0 spiro atoms. The van der Waals surface area contributed by atoms with Crippen LogP contribution in [-0.2, 0) is 6.18 Å². The van der Waals surface area contributed by atoms with E-state index < -0.39 is 11.7 Å². The molecule has 1 aromatic rings. The molecular weight excluding hydrogens is 241 g/mol. The predicted octanol–water partition coefficient (Wildman–Crippen LogP) is 4.28. The fraction of sp³-hybridized carbons (Fsp3) is 0.538. The number of halogens is 3. The van der Waals surface area contributed by atoms with Crippen LogP contribution in [0, 0.1) is 0 Å². The predicted molar refractivity (Wildman–Crippen MR) is 68.5 cm³/mol. The minimum atomic E-state index is -4.41. The normalized spacial score (nSPS) is 13.4. The smallest absolute Gasteiger partial charge is 0.398 e. The molecule has 0 radical (unpaired) electrons. The summed E-state index contributed by atoms with van der Waals surface area (Å²) >= 11 is 0. The number of nitrogen functional groups attached to an aromatic ring is 1. The summed E-state index contributed by atoms with van der Waals surface area (Å²) in [7, 11) is 0. The molecule has 3 N–H and O–H groups in total.